The van der Waals surface area contributed by atoms with E-state index in [9.17, 15) is 0 Å². The minimum absolute atomic E-state index is 0. The van der Waals surface area contributed by atoms with Gasteiger partial charge in [-0.15, -0.1) is 0 Å². The maximum atomic E-state index is 7.51. The molecule has 0 bridgehead atoms. The first kappa shape index (κ1) is 17.5. The maximum Gasteiger partial charge on any atom is 0.0905 e. The quantitative estimate of drug-likeness (QED) is 0.367. The van der Waals surface area contributed by atoms with Crippen LogP contribution in [-0.4, -0.2) is 0 Å². The molecule has 2 nitrogen and oxygen atoms in total. The molecule has 6 heavy (non-hydrogen) atoms. The summed E-state index contributed by atoms with van der Waals surface area (Å²) in [5.41, 5.74) is 0. The first-order valence-electron chi connectivity index (χ1n) is 0.921. The molecule has 0 spiro atoms. The number of allylic oxidation sites excluding steroid dienone is 1. The van der Waals surface area contributed by atoms with E-state index in [2.05, 4.69) is 6.58 Å². The Kier molecular flexibility index (Phi) is 67.2. The second kappa shape index (κ2) is 23.1. The standard InChI is InChI=1S/C3H3N.H3N.H3P/c1-2-3-4;;/h2H,1H2;2*1H3. The molecule has 0 radical (unpaired) electrons. The van der Waals surface area contributed by atoms with Gasteiger partial charge >= 0.3 is 0 Å². The van der Waals surface area contributed by atoms with E-state index in [0.717, 1.165) is 0 Å². The van der Waals surface area contributed by atoms with Crippen molar-refractivity contribution in [3.05, 3.63) is 12.7 Å². The van der Waals surface area contributed by atoms with Crippen molar-refractivity contribution < 1.29 is 0 Å². The zero-order chi connectivity index (χ0) is 3.41. The van der Waals surface area contributed by atoms with E-state index in [0.29, 0.717) is 0 Å². The Hall–Kier alpha value is -0.380. The molecule has 3 heteroatoms. The van der Waals surface area contributed by atoms with Crippen LogP contribution >= 0.6 is 9.90 Å². The molecule has 0 aliphatic carbocycles. The molecule has 0 amide bonds. The number of nitriles is 1. The highest BCUT2D eigenvalue weighted by Gasteiger charge is 1.34. The predicted octanol–water partition coefficient (Wildman–Crippen LogP) is 0.916. The molecule has 36 valence electrons. The summed E-state index contributed by atoms with van der Waals surface area (Å²) in [5, 5.41) is 7.51. The lowest BCUT2D eigenvalue weighted by Gasteiger charge is -1.31. The van der Waals surface area contributed by atoms with Crippen molar-refractivity contribution in [2.24, 2.45) is 0 Å². The lowest BCUT2D eigenvalue weighted by molar-refractivity contribution is 1.54. The molecular formula is C3H9N2P. The first-order valence-corrected chi connectivity index (χ1v) is 0.921. The third-order valence-corrected chi connectivity index (χ3v) is 0.0913. The molecule has 0 aromatic heterocycles. The summed E-state index contributed by atoms with van der Waals surface area (Å²) in [6.45, 7) is 3.12. The Morgan fingerprint density at radius 1 is 1.67 bits per heavy atom. The molecule has 0 aromatic carbocycles. The molecule has 3 N–H and O–H groups in total. The van der Waals surface area contributed by atoms with Gasteiger partial charge in [-0.25, -0.2) is 0 Å². The van der Waals surface area contributed by atoms with Crippen LogP contribution in [0.3, 0.4) is 0 Å². The molecule has 0 heterocycles. The summed E-state index contributed by atoms with van der Waals surface area (Å²) in [7, 11) is 0. The van der Waals surface area contributed by atoms with Crippen LogP contribution in [0.4, 0.5) is 0 Å². The van der Waals surface area contributed by atoms with Gasteiger partial charge in [-0.2, -0.15) is 15.2 Å². The average Bonchev–Trinajstić information content (AvgIpc) is 1.37. The van der Waals surface area contributed by atoms with Gasteiger partial charge in [0.2, 0.25) is 0 Å². The molecule has 1 atom stereocenters. The van der Waals surface area contributed by atoms with Crippen molar-refractivity contribution in [1.82, 2.24) is 6.15 Å². The summed E-state index contributed by atoms with van der Waals surface area (Å²) >= 11 is 0. The van der Waals surface area contributed by atoms with Gasteiger partial charge in [0.15, 0.2) is 0 Å². The van der Waals surface area contributed by atoms with Gasteiger partial charge in [-0.05, 0) is 0 Å². The van der Waals surface area contributed by atoms with Gasteiger partial charge in [-0.3, -0.25) is 0 Å². The highest BCUT2D eigenvalue weighted by molar-refractivity contribution is 6.92. The molecule has 0 saturated heterocycles. The largest absolute Gasteiger partial charge is 0.344 e. The van der Waals surface area contributed by atoms with Crippen molar-refractivity contribution in [1.29, 1.82) is 5.26 Å². The topological polar surface area (TPSA) is 58.8 Å². The molecule has 0 aromatic rings. The monoisotopic (exact) mass is 104 g/mol. The highest BCUT2D eigenvalue weighted by atomic mass is 31.0. The second-order valence-corrected chi connectivity index (χ2v) is 0.333. The minimum atomic E-state index is 0. The summed E-state index contributed by atoms with van der Waals surface area (Å²) in [5.74, 6) is 0. The SMILES string of the molecule is C=CC#N.N.P. The third kappa shape index (κ3) is 64.6. The zero-order valence-electron chi connectivity index (χ0n) is 3.65. The fourth-order valence-electron chi connectivity index (χ4n) is 0. The number of hydrogen-bond donors (Lipinski definition) is 1. The predicted molar refractivity (Wildman–Crippen MR) is 31.9 cm³/mol. The van der Waals surface area contributed by atoms with E-state index in [-0.39, 0.29) is 16.0 Å². The van der Waals surface area contributed by atoms with Crippen LogP contribution in [0.25, 0.3) is 0 Å². The van der Waals surface area contributed by atoms with E-state index in [1.54, 1.807) is 6.07 Å². The summed E-state index contributed by atoms with van der Waals surface area (Å²) in [6, 6.07) is 1.69. The summed E-state index contributed by atoms with van der Waals surface area (Å²) in [6.07, 6.45) is 1.18. The molecule has 0 aliphatic rings. The number of hydrogen-bond acceptors (Lipinski definition) is 2. The Morgan fingerprint density at radius 3 is 1.83 bits per heavy atom. The lowest BCUT2D eigenvalue weighted by Crippen LogP contribution is -1.23. The van der Waals surface area contributed by atoms with Crippen LogP contribution in [0.15, 0.2) is 12.7 Å². The molecule has 0 rings (SSSR count). The minimum Gasteiger partial charge on any atom is -0.344 e. The van der Waals surface area contributed by atoms with Crippen molar-refractivity contribution >= 4 is 9.90 Å². The average molecular weight is 104 g/mol. The van der Waals surface area contributed by atoms with Crippen LogP contribution in [-0.2, 0) is 0 Å². The van der Waals surface area contributed by atoms with Crippen LogP contribution < -0.4 is 6.15 Å². The summed E-state index contributed by atoms with van der Waals surface area (Å²) in [4.78, 5) is 0. The van der Waals surface area contributed by atoms with Crippen molar-refractivity contribution in [2.75, 3.05) is 0 Å². The van der Waals surface area contributed by atoms with Gasteiger partial charge in [0.05, 0.1) is 6.07 Å². The van der Waals surface area contributed by atoms with Crippen molar-refractivity contribution in [3.8, 4) is 6.07 Å². The maximum absolute atomic E-state index is 7.51. The summed E-state index contributed by atoms with van der Waals surface area (Å²) < 4.78 is 0. The number of rotatable bonds is 0. The van der Waals surface area contributed by atoms with Crippen LogP contribution in [0.1, 0.15) is 0 Å². The van der Waals surface area contributed by atoms with Gasteiger partial charge in [-0.1, -0.05) is 6.58 Å². The second-order valence-electron chi connectivity index (χ2n) is 0.333. The first-order chi connectivity index (χ1) is 1.91. The van der Waals surface area contributed by atoms with Gasteiger partial charge in [0, 0.05) is 6.08 Å². The Labute approximate surface area is 41.1 Å². The fraction of sp³-hybridized carbons (Fsp3) is 0. The lowest BCUT2D eigenvalue weighted by atomic mass is 10.8. The fourth-order valence-corrected chi connectivity index (χ4v) is 0. The molecule has 0 fully saturated rings. The Morgan fingerprint density at radius 2 is 1.83 bits per heavy atom. The third-order valence-electron chi connectivity index (χ3n) is 0.0913. The number of nitrogens with zero attached hydrogens (tertiary/aromatic N) is 1. The van der Waals surface area contributed by atoms with E-state index in [1.165, 1.54) is 6.08 Å². The van der Waals surface area contributed by atoms with Gasteiger partial charge in [0.1, 0.15) is 0 Å². The zero-order valence-corrected chi connectivity index (χ0v) is 5.06. The Balaban J connectivity index is -0.0000000450. The van der Waals surface area contributed by atoms with E-state index in [1.807, 2.05) is 0 Å². The van der Waals surface area contributed by atoms with Crippen LogP contribution in [0, 0.1) is 11.3 Å². The van der Waals surface area contributed by atoms with Crippen LogP contribution in [0.5, 0.6) is 0 Å². The van der Waals surface area contributed by atoms with Gasteiger partial charge in [0.25, 0.3) is 0 Å². The molecular weight excluding hydrogens is 95.0 g/mol. The van der Waals surface area contributed by atoms with Gasteiger partial charge < -0.3 is 6.15 Å². The molecule has 0 saturated carbocycles. The van der Waals surface area contributed by atoms with E-state index in [4.69, 9.17) is 5.26 Å². The normalized spacial score (nSPS) is 2.50. The van der Waals surface area contributed by atoms with Crippen molar-refractivity contribution in [3.63, 3.8) is 0 Å². The smallest absolute Gasteiger partial charge is 0.0905 e. The van der Waals surface area contributed by atoms with E-state index < -0.39 is 0 Å². The molecule has 1 unspecified atom stereocenters. The van der Waals surface area contributed by atoms with E-state index >= 15 is 0 Å². The van der Waals surface area contributed by atoms with Crippen LogP contribution in [0.2, 0.25) is 0 Å². The molecule has 0 aliphatic heterocycles. The Bertz CT molecular complexity index is 54.3. The highest BCUT2D eigenvalue weighted by Crippen LogP contribution is 1.41. The van der Waals surface area contributed by atoms with Crippen molar-refractivity contribution in [2.45, 2.75) is 0 Å².